The van der Waals surface area contributed by atoms with E-state index in [1.54, 1.807) is 11.8 Å². The molecule has 5 heteroatoms. The van der Waals surface area contributed by atoms with Crippen LogP contribution in [0.25, 0.3) is 0 Å². The van der Waals surface area contributed by atoms with Gasteiger partial charge in [0, 0.05) is 15.8 Å². The van der Waals surface area contributed by atoms with Crippen LogP contribution in [0.15, 0.2) is 38.7 Å². The lowest BCUT2D eigenvalue weighted by Gasteiger charge is -2.14. The molecule has 0 saturated heterocycles. The fourth-order valence-electron chi connectivity index (χ4n) is 2.38. The summed E-state index contributed by atoms with van der Waals surface area (Å²) in [6, 6.07) is 8.21. The number of aryl methyl sites for hydroxylation is 1. The van der Waals surface area contributed by atoms with E-state index in [4.69, 9.17) is 0 Å². The van der Waals surface area contributed by atoms with Crippen molar-refractivity contribution in [3.8, 4) is 0 Å². The molecule has 3 nitrogen and oxygen atoms in total. The SMILES string of the molecule is O=c1[nH]c(SCc2ccc(Br)cc2)nc2c1CCCC2. The molecule has 0 bridgehead atoms. The summed E-state index contributed by atoms with van der Waals surface area (Å²) in [5.74, 6) is 0.814. The number of aromatic amines is 1. The van der Waals surface area contributed by atoms with E-state index in [0.29, 0.717) is 0 Å². The second kappa shape index (κ2) is 6.14. The van der Waals surface area contributed by atoms with Crippen molar-refractivity contribution in [1.82, 2.24) is 9.97 Å². The van der Waals surface area contributed by atoms with E-state index in [9.17, 15) is 4.79 Å². The number of benzene rings is 1. The molecular formula is C15H15BrN2OS. The van der Waals surface area contributed by atoms with Crippen molar-refractivity contribution in [1.29, 1.82) is 0 Å². The molecule has 1 aromatic heterocycles. The number of nitrogens with one attached hydrogen (secondary N) is 1. The van der Waals surface area contributed by atoms with Gasteiger partial charge in [0.2, 0.25) is 0 Å². The minimum absolute atomic E-state index is 0.0491. The predicted molar refractivity (Wildman–Crippen MR) is 85.2 cm³/mol. The number of hydrogen-bond acceptors (Lipinski definition) is 3. The van der Waals surface area contributed by atoms with E-state index < -0.39 is 0 Å². The van der Waals surface area contributed by atoms with Crippen LogP contribution in [-0.2, 0) is 18.6 Å². The van der Waals surface area contributed by atoms with Crippen LogP contribution in [0, 0.1) is 0 Å². The van der Waals surface area contributed by atoms with E-state index in [1.165, 1.54) is 5.56 Å². The molecule has 0 unspecified atom stereocenters. The molecule has 20 heavy (non-hydrogen) atoms. The van der Waals surface area contributed by atoms with Crippen molar-refractivity contribution in [3.05, 3.63) is 55.9 Å². The Bertz CT molecular complexity index is 667. The highest BCUT2D eigenvalue weighted by Gasteiger charge is 2.15. The number of halogens is 1. The van der Waals surface area contributed by atoms with E-state index in [0.717, 1.165) is 52.3 Å². The number of thioether (sulfide) groups is 1. The largest absolute Gasteiger partial charge is 0.301 e. The maximum Gasteiger partial charge on any atom is 0.254 e. The first-order valence-electron chi connectivity index (χ1n) is 6.72. The van der Waals surface area contributed by atoms with E-state index in [2.05, 4.69) is 38.0 Å². The third kappa shape index (κ3) is 3.15. The van der Waals surface area contributed by atoms with Crippen LogP contribution >= 0.6 is 27.7 Å². The highest BCUT2D eigenvalue weighted by atomic mass is 79.9. The average molecular weight is 351 g/mol. The third-order valence-electron chi connectivity index (χ3n) is 3.46. The van der Waals surface area contributed by atoms with Crippen LogP contribution < -0.4 is 5.56 Å². The Labute approximate surface area is 130 Å². The van der Waals surface area contributed by atoms with Gasteiger partial charge in [-0.1, -0.05) is 39.8 Å². The van der Waals surface area contributed by atoms with Gasteiger partial charge >= 0.3 is 0 Å². The normalized spacial score (nSPS) is 14.1. The third-order valence-corrected chi connectivity index (χ3v) is 4.93. The quantitative estimate of drug-likeness (QED) is 0.677. The maximum absolute atomic E-state index is 12.0. The minimum Gasteiger partial charge on any atom is -0.301 e. The van der Waals surface area contributed by atoms with Gasteiger partial charge < -0.3 is 4.98 Å². The standard InChI is InChI=1S/C15H15BrN2OS/c16-11-7-5-10(6-8-11)9-20-15-17-13-4-2-1-3-12(13)14(19)18-15/h5-8H,1-4,9H2,(H,17,18,19). The first-order valence-corrected chi connectivity index (χ1v) is 8.49. The summed E-state index contributed by atoms with van der Waals surface area (Å²) in [5.41, 5.74) is 3.16. The van der Waals surface area contributed by atoms with Crippen LogP contribution in [0.5, 0.6) is 0 Å². The molecule has 0 atom stereocenters. The van der Waals surface area contributed by atoms with Crippen molar-refractivity contribution in [3.63, 3.8) is 0 Å². The molecule has 104 valence electrons. The lowest BCUT2D eigenvalue weighted by molar-refractivity contribution is 0.641. The van der Waals surface area contributed by atoms with Gasteiger partial charge in [0.1, 0.15) is 0 Å². The zero-order valence-electron chi connectivity index (χ0n) is 11.0. The van der Waals surface area contributed by atoms with Gasteiger partial charge in [0.05, 0.1) is 5.69 Å². The summed E-state index contributed by atoms with van der Waals surface area (Å²) in [6.45, 7) is 0. The average Bonchev–Trinajstić information content (AvgIpc) is 2.47. The topological polar surface area (TPSA) is 45.8 Å². The monoisotopic (exact) mass is 350 g/mol. The highest BCUT2D eigenvalue weighted by molar-refractivity contribution is 9.10. The smallest absolute Gasteiger partial charge is 0.254 e. The lowest BCUT2D eigenvalue weighted by Crippen LogP contribution is -2.21. The predicted octanol–water partition coefficient (Wildman–Crippen LogP) is 3.70. The Kier molecular flexibility index (Phi) is 4.27. The second-order valence-corrected chi connectivity index (χ2v) is 6.80. The number of aromatic nitrogens is 2. The highest BCUT2D eigenvalue weighted by Crippen LogP contribution is 2.22. The second-order valence-electron chi connectivity index (χ2n) is 4.92. The van der Waals surface area contributed by atoms with E-state index in [-0.39, 0.29) is 5.56 Å². The van der Waals surface area contributed by atoms with Crippen LogP contribution in [-0.4, -0.2) is 9.97 Å². The number of hydrogen-bond donors (Lipinski definition) is 1. The summed E-state index contributed by atoms with van der Waals surface area (Å²) in [4.78, 5) is 19.5. The van der Waals surface area contributed by atoms with E-state index >= 15 is 0 Å². The first kappa shape index (κ1) is 13.9. The van der Waals surface area contributed by atoms with Crippen molar-refractivity contribution < 1.29 is 0 Å². The molecule has 1 N–H and O–H groups in total. The molecule has 0 radical (unpaired) electrons. The van der Waals surface area contributed by atoms with Crippen LogP contribution in [0.3, 0.4) is 0 Å². The van der Waals surface area contributed by atoms with Crippen molar-refractivity contribution >= 4 is 27.7 Å². The van der Waals surface area contributed by atoms with Gasteiger partial charge in [0.25, 0.3) is 5.56 Å². The molecule has 3 rings (SSSR count). The molecule has 1 aliphatic rings. The minimum atomic E-state index is 0.0491. The van der Waals surface area contributed by atoms with Gasteiger partial charge in [-0.05, 0) is 43.4 Å². The lowest BCUT2D eigenvalue weighted by atomic mass is 9.97. The van der Waals surface area contributed by atoms with Gasteiger partial charge in [-0.25, -0.2) is 4.98 Å². The first-order chi connectivity index (χ1) is 9.72. The van der Waals surface area contributed by atoms with E-state index in [1.807, 2.05) is 12.1 Å². The van der Waals surface area contributed by atoms with Crippen molar-refractivity contribution in [2.24, 2.45) is 0 Å². The Morgan fingerprint density at radius 1 is 1.20 bits per heavy atom. The number of nitrogens with zero attached hydrogens (tertiary/aromatic N) is 1. The van der Waals surface area contributed by atoms with Gasteiger partial charge in [0.15, 0.2) is 5.16 Å². The number of fused-ring (bicyclic) bond motifs is 1. The fourth-order valence-corrected chi connectivity index (χ4v) is 3.48. The van der Waals surface area contributed by atoms with Gasteiger partial charge in [-0.3, -0.25) is 4.79 Å². The molecule has 0 saturated carbocycles. The van der Waals surface area contributed by atoms with Crippen LogP contribution in [0.1, 0.15) is 29.7 Å². The summed E-state index contributed by atoms with van der Waals surface area (Å²) in [5, 5.41) is 0.735. The molecule has 0 spiro atoms. The Balaban J connectivity index is 1.76. The Morgan fingerprint density at radius 3 is 2.75 bits per heavy atom. The maximum atomic E-state index is 12.0. The van der Waals surface area contributed by atoms with Crippen LogP contribution in [0.4, 0.5) is 0 Å². The summed E-state index contributed by atoms with van der Waals surface area (Å²) in [7, 11) is 0. The molecule has 2 aromatic rings. The summed E-state index contributed by atoms with van der Waals surface area (Å²) < 4.78 is 1.08. The Hall–Kier alpha value is -1.07. The van der Waals surface area contributed by atoms with Crippen LogP contribution in [0.2, 0.25) is 0 Å². The summed E-state index contributed by atoms with van der Waals surface area (Å²) in [6.07, 6.45) is 4.05. The molecule has 1 heterocycles. The zero-order chi connectivity index (χ0) is 13.9. The Morgan fingerprint density at radius 2 is 1.95 bits per heavy atom. The molecular weight excluding hydrogens is 336 g/mol. The van der Waals surface area contributed by atoms with Gasteiger partial charge in [-0.15, -0.1) is 0 Å². The molecule has 1 aliphatic carbocycles. The van der Waals surface area contributed by atoms with Gasteiger partial charge in [-0.2, -0.15) is 0 Å². The summed E-state index contributed by atoms with van der Waals surface area (Å²) >= 11 is 5.01. The zero-order valence-corrected chi connectivity index (χ0v) is 13.4. The van der Waals surface area contributed by atoms with Crippen molar-refractivity contribution in [2.45, 2.75) is 36.6 Å². The molecule has 0 aliphatic heterocycles. The molecule has 0 fully saturated rings. The fraction of sp³-hybridized carbons (Fsp3) is 0.333. The number of H-pyrrole nitrogens is 1. The molecule has 1 aromatic carbocycles. The van der Waals surface area contributed by atoms with Crippen molar-refractivity contribution in [2.75, 3.05) is 0 Å². The number of rotatable bonds is 3. The molecule has 0 amide bonds.